The van der Waals surface area contributed by atoms with E-state index in [2.05, 4.69) is 41.1 Å². The summed E-state index contributed by atoms with van der Waals surface area (Å²) in [4.78, 5) is 23.9. The van der Waals surface area contributed by atoms with Crippen LogP contribution in [0.2, 0.25) is 0 Å². The van der Waals surface area contributed by atoms with Gasteiger partial charge < -0.3 is 18.1 Å². The lowest BCUT2D eigenvalue weighted by Gasteiger charge is -2.10. The molecule has 0 saturated carbocycles. The number of hydrogen-bond donors (Lipinski definition) is 1. The summed E-state index contributed by atoms with van der Waals surface area (Å²) in [5.41, 5.74) is 7.29. The van der Waals surface area contributed by atoms with Gasteiger partial charge in [0, 0.05) is 28.2 Å². The van der Waals surface area contributed by atoms with E-state index in [1.54, 1.807) is 36.4 Å². The summed E-state index contributed by atoms with van der Waals surface area (Å²) >= 11 is 0. The molecule has 0 spiro atoms. The molecule has 5 aromatic rings. The van der Waals surface area contributed by atoms with Crippen LogP contribution in [-0.4, -0.2) is 22.5 Å². The van der Waals surface area contributed by atoms with Crippen LogP contribution in [-0.2, 0) is 6.61 Å². The summed E-state index contributed by atoms with van der Waals surface area (Å²) in [6, 6.07) is 25.9. The highest BCUT2D eigenvalue weighted by Crippen LogP contribution is 2.23. The summed E-state index contributed by atoms with van der Waals surface area (Å²) in [6.45, 7) is 5.84. The molecule has 1 amide bonds. The predicted octanol–water partition coefficient (Wildman–Crippen LogP) is 6.49. The number of benzene rings is 2. The van der Waals surface area contributed by atoms with Crippen molar-refractivity contribution in [2.75, 3.05) is 0 Å². The number of nitrogens with zero attached hydrogens (tertiary/aromatic N) is 2. The molecule has 196 valence electrons. The largest absolute Gasteiger partial charge is 0.486 e. The highest BCUT2D eigenvalue weighted by Gasteiger charge is 2.12. The minimum Gasteiger partial charge on any atom is -0.486 e. The van der Waals surface area contributed by atoms with Crippen molar-refractivity contribution in [3.8, 4) is 22.8 Å². The Kier molecular flexibility index (Phi) is 7.27. The molecule has 8 nitrogen and oxygen atoms in total. The smallest absolute Gasteiger partial charge is 0.307 e. The third-order valence-corrected chi connectivity index (χ3v) is 6.19. The molecule has 8 heteroatoms. The van der Waals surface area contributed by atoms with Gasteiger partial charge in [-0.2, -0.15) is 5.10 Å². The van der Waals surface area contributed by atoms with E-state index < -0.39 is 5.91 Å². The molecule has 0 aliphatic heterocycles. The fraction of sp³-hybridized carbons (Fsp3) is 0.129. The minimum atomic E-state index is -0.495. The average Bonchev–Trinajstić information content (AvgIpc) is 3.69. The van der Waals surface area contributed by atoms with Gasteiger partial charge in [-0.3, -0.25) is 9.59 Å². The van der Waals surface area contributed by atoms with E-state index in [1.165, 1.54) is 13.1 Å². The molecule has 3 aromatic heterocycles. The quantitative estimate of drug-likeness (QED) is 0.136. The van der Waals surface area contributed by atoms with Gasteiger partial charge in [-0.1, -0.05) is 24.3 Å². The molecule has 0 aliphatic carbocycles. The van der Waals surface area contributed by atoms with Gasteiger partial charge in [-0.25, -0.2) is 5.43 Å². The zero-order valence-corrected chi connectivity index (χ0v) is 21.8. The fourth-order valence-electron chi connectivity index (χ4n) is 4.16. The predicted molar refractivity (Wildman–Crippen MR) is 147 cm³/mol. The van der Waals surface area contributed by atoms with Gasteiger partial charge in [0.25, 0.3) is 0 Å². The van der Waals surface area contributed by atoms with Crippen molar-refractivity contribution in [2.24, 2.45) is 5.10 Å². The van der Waals surface area contributed by atoms with Gasteiger partial charge in [0.2, 0.25) is 0 Å². The standard InChI is InChI=1S/C31H27N3O5/c1-20-4-5-21(2)34(20)25-10-12-26(13-11-25)37-19-28-15-17-30(39-28)31(36)33-32-18-27-14-16-29(38-27)24-8-6-23(7-9-24)22(3)35/h4-18H,19H2,1-3H3,(H,33,36)/b32-18+. The summed E-state index contributed by atoms with van der Waals surface area (Å²) in [5, 5.41) is 3.95. The van der Waals surface area contributed by atoms with Gasteiger partial charge in [0.15, 0.2) is 11.5 Å². The Morgan fingerprint density at radius 1 is 0.872 bits per heavy atom. The Balaban J connectivity index is 1.13. The molecule has 3 heterocycles. The first-order chi connectivity index (χ1) is 18.9. The molecule has 39 heavy (non-hydrogen) atoms. The van der Waals surface area contributed by atoms with Crippen molar-refractivity contribution >= 4 is 17.9 Å². The number of nitrogens with one attached hydrogen (secondary N) is 1. The first kappa shape index (κ1) is 25.5. The van der Waals surface area contributed by atoms with Crippen molar-refractivity contribution in [1.29, 1.82) is 0 Å². The normalized spacial score (nSPS) is 11.2. The molecule has 2 aromatic carbocycles. The first-order valence-corrected chi connectivity index (χ1v) is 12.4. The third-order valence-electron chi connectivity index (χ3n) is 6.19. The number of ketones is 1. The molecule has 5 rings (SSSR count). The Morgan fingerprint density at radius 2 is 1.59 bits per heavy atom. The Morgan fingerprint density at radius 3 is 2.28 bits per heavy atom. The number of carbonyl (C=O) groups excluding carboxylic acids is 2. The van der Waals surface area contributed by atoms with Crippen LogP contribution in [0.25, 0.3) is 17.0 Å². The summed E-state index contributed by atoms with van der Waals surface area (Å²) in [6.07, 6.45) is 1.40. The number of hydrazone groups is 1. The number of Topliss-reactive ketones (excluding diaryl/α,β-unsaturated/α-hetero) is 1. The zero-order valence-electron chi connectivity index (χ0n) is 21.8. The van der Waals surface area contributed by atoms with Crippen molar-refractivity contribution in [1.82, 2.24) is 9.99 Å². The van der Waals surface area contributed by atoms with E-state index in [0.717, 1.165) is 22.6 Å². The van der Waals surface area contributed by atoms with Crippen LogP contribution in [0, 0.1) is 13.8 Å². The molecule has 0 aliphatic rings. The van der Waals surface area contributed by atoms with Crippen LogP contribution in [0.3, 0.4) is 0 Å². The van der Waals surface area contributed by atoms with Gasteiger partial charge in [0.05, 0.1) is 6.21 Å². The van der Waals surface area contributed by atoms with Gasteiger partial charge in [0.1, 0.15) is 29.6 Å². The first-order valence-electron chi connectivity index (χ1n) is 12.4. The number of amides is 1. The van der Waals surface area contributed by atoms with Crippen LogP contribution in [0.5, 0.6) is 5.75 Å². The molecule has 1 N–H and O–H groups in total. The average molecular weight is 522 g/mol. The van der Waals surface area contributed by atoms with E-state index in [4.69, 9.17) is 13.6 Å². The molecular weight excluding hydrogens is 494 g/mol. The second-order valence-corrected chi connectivity index (χ2v) is 9.03. The molecule has 0 atom stereocenters. The number of aromatic nitrogens is 1. The molecule has 0 bridgehead atoms. The van der Waals surface area contributed by atoms with E-state index in [9.17, 15) is 9.59 Å². The Hall–Kier alpha value is -5.11. The van der Waals surface area contributed by atoms with E-state index in [1.807, 2.05) is 36.4 Å². The Labute approximate surface area is 225 Å². The van der Waals surface area contributed by atoms with E-state index in [0.29, 0.717) is 28.6 Å². The van der Waals surface area contributed by atoms with Crippen molar-refractivity contribution in [3.63, 3.8) is 0 Å². The number of ether oxygens (including phenoxy) is 1. The monoisotopic (exact) mass is 521 g/mol. The van der Waals surface area contributed by atoms with Crippen LogP contribution in [0.1, 0.15) is 50.7 Å². The number of carbonyl (C=O) groups is 2. The van der Waals surface area contributed by atoms with E-state index >= 15 is 0 Å². The van der Waals surface area contributed by atoms with Crippen LogP contribution in [0.15, 0.2) is 98.9 Å². The maximum Gasteiger partial charge on any atom is 0.307 e. The van der Waals surface area contributed by atoms with Gasteiger partial charge in [-0.15, -0.1) is 0 Å². The van der Waals surface area contributed by atoms with Gasteiger partial charge in [-0.05, 0) is 81.4 Å². The number of hydrogen-bond acceptors (Lipinski definition) is 6. The zero-order chi connectivity index (χ0) is 27.4. The molecule has 0 saturated heterocycles. The number of aryl methyl sites for hydroxylation is 2. The molecule has 0 radical (unpaired) electrons. The molecule has 0 unspecified atom stereocenters. The lowest BCUT2D eigenvalue weighted by molar-refractivity contribution is 0.0922. The summed E-state index contributed by atoms with van der Waals surface area (Å²) in [5.74, 6) is 1.92. The topological polar surface area (TPSA) is 99.0 Å². The summed E-state index contributed by atoms with van der Waals surface area (Å²) < 4.78 is 19.3. The molecular formula is C31H27N3O5. The molecule has 0 fully saturated rings. The van der Waals surface area contributed by atoms with Crippen molar-refractivity contribution in [3.05, 3.63) is 119 Å². The minimum absolute atomic E-state index is 0.00419. The lowest BCUT2D eigenvalue weighted by atomic mass is 10.1. The van der Waals surface area contributed by atoms with Crippen LogP contribution in [0.4, 0.5) is 0 Å². The third kappa shape index (κ3) is 5.91. The van der Waals surface area contributed by atoms with Crippen LogP contribution < -0.4 is 10.2 Å². The lowest BCUT2D eigenvalue weighted by Crippen LogP contribution is -2.16. The maximum atomic E-state index is 12.4. The number of furan rings is 2. The van der Waals surface area contributed by atoms with Crippen molar-refractivity contribution < 1.29 is 23.2 Å². The highest BCUT2D eigenvalue weighted by molar-refractivity contribution is 5.94. The number of rotatable bonds is 9. The van der Waals surface area contributed by atoms with Crippen LogP contribution >= 0.6 is 0 Å². The van der Waals surface area contributed by atoms with Gasteiger partial charge >= 0.3 is 5.91 Å². The highest BCUT2D eigenvalue weighted by atomic mass is 16.5. The summed E-state index contributed by atoms with van der Waals surface area (Å²) in [7, 11) is 0. The Bertz CT molecular complexity index is 1620. The van der Waals surface area contributed by atoms with Crippen molar-refractivity contribution in [2.45, 2.75) is 27.4 Å². The van der Waals surface area contributed by atoms with E-state index in [-0.39, 0.29) is 18.2 Å². The fourth-order valence-corrected chi connectivity index (χ4v) is 4.16. The SMILES string of the molecule is CC(=O)c1ccc(-c2ccc(/C=N/NC(=O)c3ccc(COc4ccc(-n5c(C)ccc5C)cc4)o3)o2)cc1. The second kappa shape index (κ2) is 11.1. The maximum absolute atomic E-state index is 12.4. The second-order valence-electron chi connectivity index (χ2n) is 9.03.